The fraction of sp³-hybridized carbons (Fsp3) is 0.333. The van der Waals surface area contributed by atoms with Gasteiger partial charge in [0.2, 0.25) is 0 Å². The lowest BCUT2D eigenvalue weighted by atomic mass is 9.81. The molecule has 0 saturated heterocycles. The minimum absolute atomic E-state index is 0.00597. The summed E-state index contributed by atoms with van der Waals surface area (Å²) in [5, 5.41) is 2.12. The second kappa shape index (κ2) is 9.79. The molecule has 12 heteroatoms. The van der Waals surface area contributed by atoms with Gasteiger partial charge in [-0.3, -0.25) is 9.78 Å². The number of aromatic nitrogens is 1. The molecule has 2 rings (SSSR count). The molecule has 1 aromatic carbocycles. The van der Waals surface area contributed by atoms with Crippen LogP contribution in [0, 0.1) is 5.82 Å². The first-order valence-electron chi connectivity index (χ1n) is 9.54. The van der Waals surface area contributed by atoms with Crippen molar-refractivity contribution in [2.75, 3.05) is 18.5 Å². The lowest BCUT2D eigenvalue weighted by Crippen LogP contribution is -2.55. The van der Waals surface area contributed by atoms with Crippen LogP contribution in [0.15, 0.2) is 48.8 Å². The van der Waals surface area contributed by atoms with Crippen LogP contribution in [-0.2, 0) is 16.5 Å². The van der Waals surface area contributed by atoms with Crippen LogP contribution >= 0.6 is 0 Å². The van der Waals surface area contributed by atoms with Crippen molar-refractivity contribution in [3.63, 3.8) is 0 Å². The third-order valence-electron chi connectivity index (χ3n) is 4.81. The van der Waals surface area contributed by atoms with Crippen molar-refractivity contribution in [1.82, 2.24) is 4.98 Å². The molecular formula is C21H22F6N4O2. The van der Waals surface area contributed by atoms with Crippen molar-refractivity contribution in [3.8, 4) is 0 Å². The van der Waals surface area contributed by atoms with Gasteiger partial charge < -0.3 is 21.5 Å². The number of carbonyl (C=O) groups excluding carboxylic acids is 1. The summed E-state index contributed by atoms with van der Waals surface area (Å²) >= 11 is 0. The van der Waals surface area contributed by atoms with Crippen LogP contribution < -0.4 is 16.8 Å². The number of carbonyl (C=O) groups is 1. The number of nitrogens with two attached hydrogens (primary N) is 2. The lowest BCUT2D eigenvalue weighted by Gasteiger charge is -2.37. The Hall–Kier alpha value is -3.12. The smallest absolute Gasteiger partial charge is 0.401 e. The number of amides is 1. The second-order valence-corrected chi connectivity index (χ2v) is 7.23. The first-order valence-corrected chi connectivity index (χ1v) is 9.54. The minimum atomic E-state index is -4.86. The van der Waals surface area contributed by atoms with E-state index in [1.807, 2.05) is 0 Å². The molecule has 0 saturated carbocycles. The average Bonchev–Trinajstić information content (AvgIpc) is 2.73. The van der Waals surface area contributed by atoms with Gasteiger partial charge in [0.25, 0.3) is 11.8 Å². The van der Waals surface area contributed by atoms with Crippen LogP contribution in [0.5, 0.6) is 0 Å². The molecule has 0 spiro atoms. The van der Waals surface area contributed by atoms with Crippen LogP contribution in [0.1, 0.15) is 35.0 Å². The molecule has 0 fully saturated rings. The number of pyridine rings is 1. The summed E-state index contributed by atoms with van der Waals surface area (Å²) in [4.78, 5) is 15.9. The summed E-state index contributed by atoms with van der Waals surface area (Å²) in [5.74, 6) is -6.16. The van der Waals surface area contributed by atoms with Crippen molar-refractivity contribution < 1.29 is 35.9 Å². The topological polar surface area (TPSA) is 103 Å². The Morgan fingerprint density at radius 1 is 1.18 bits per heavy atom. The highest BCUT2D eigenvalue weighted by Crippen LogP contribution is 2.40. The number of nitrogens with one attached hydrogen (secondary N) is 1. The molecule has 1 amide bonds. The molecule has 0 unspecified atom stereocenters. The number of hydrogen-bond acceptors (Lipinski definition) is 5. The maximum atomic E-state index is 14.9. The van der Waals surface area contributed by atoms with E-state index in [9.17, 15) is 31.1 Å². The fourth-order valence-electron chi connectivity index (χ4n) is 3.04. The molecule has 0 bridgehead atoms. The summed E-state index contributed by atoms with van der Waals surface area (Å²) in [6.07, 6.45) is -4.32. The molecular weight excluding hydrogens is 454 g/mol. The van der Waals surface area contributed by atoms with Crippen LogP contribution in [0.4, 0.5) is 32.0 Å². The number of alkyl halides is 5. The first kappa shape index (κ1) is 26.1. The quantitative estimate of drug-likeness (QED) is 0.471. The molecule has 33 heavy (non-hydrogen) atoms. The highest BCUT2D eigenvalue weighted by molar-refractivity contribution is 6.04. The van der Waals surface area contributed by atoms with Crippen molar-refractivity contribution in [1.29, 1.82) is 0 Å². The summed E-state index contributed by atoms with van der Waals surface area (Å²) in [6, 6.07) is 4.27. The average molecular weight is 476 g/mol. The number of ether oxygens (including phenoxy) is 1. The van der Waals surface area contributed by atoms with E-state index in [1.165, 1.54) is 6.92 Å². The summed E-state index contributed by atoms with van der Waals surface area (Å²) in [5.41, 5.74) is 5.45. The monoisotopic (exact) mass is 476 g/mol. The van der Waals surface area contributed by atoms with E-state index in [0.717, 1.165) is 30.5 Å². The zero-order chi connectivity index (χ0) is 25.0. The molecule has 1 atom stereocenters. The normalized spacial score (nSPS) is 13.9. The zero-order valence-electron chi connectivity index (χ0n) is 17.5. The minimum Gasteiger partial charge on any atom is -0.401 e. The molecule has 180 valence electrons. The van der Waals surface area contributed by atoms with Crippen molar-refractivity contribution in [2.24, 2.45) is 11.5 Å². The zero-order valence-corrected chi connectivity index (χ0v) is 17.5. The van der Waals surface area contributed by atoms with Gasteiger partial charge in [0.05, 0.1) is 12.2 Å². The van der Waals surface area contributed by atoms with Gasteiger partial charge in [-0.1, -0.05) is 13.5 Å². The van der Waals surface area contributed by atoms with Crippen LogP contribution in [-0.4, -0.2) is 30.0 Å². The Balaban J connectivity index is 2.39. The number of nitrogens with zero attached hydrogens (tertiary/aromatic N) is 1. The van der Waals surface area contributed by atoms with E-state index in [-0.39, 0.29) is 18.0 Å². The number of rotatable bonds is 9. The van der Waals surface area contributed by atoms with E-state index in [2.05, 4.69) is 16.9 Å². The Morgan fingerprint density at radius 2 is 1.85 bits per heavy atom. The van der Waals surface area contributed by atoms with E-state index >= 15 is 0 Å². The summed E-state index contributed by atoms with van der Waals surface area (Å²) in [7, 11) is 0. The SMILES string of the molecule is C=C(N)COCC(F)(F)[C@@](N)(CC)c1cc(NC(=O)c2ncccc2C(F)(F)F)ccc1F. The van der Waals surface area contributed by atoms with E-state index in [0.29, 0.717) is 6.07 Å². The predicted molar refractivity (Wildman–Crippen MR) is 109 cm³/mol. The molecule has 2 aromatic rings. The maximum Gasteiger partial charge on any atom is 0.418 e. The Morgan fingerprint density at radius 3 is 2.42 bits per heavy atom. The molecule has 0 aliphatic rings. The number of hydrogen-bond donors (Lipinski definition) is 3. The summed E-state index contributed by atoms with van der Waals surface area (Å²) in [6.45, 7) is 3.03. The standard InChI is InChI=1S/C21H22F6N4O2/c1-3-19(29,20(23,24)11-33-10-12(2)28)15-9-13(6-7-16(15)22)31-18(32)17-14(21(25,26)27)5-4-8-30-17/h4-9H,2-3,10-11,28-29H2,1H3,(H,31,32)/t19-/m1/s1. The van der Waals surface area contributed by atoms with Gasteiger partial charge in [0, 0.05) is 23.1 Å². The number of benzene rings is 1. The highest BCUT2D eigenvalue weighted by atomic mass is 19.4. The molecule has 1 heterocycles. The van der Waals surface area contributed by atoms with Crippen LogP contribution in [0.2, 0.25) is 0 Å². The van der Waals surface area contributed by atoms with Crippen LogP contribution in [0.3, 0.4) is 0 Å². The number of halogens is 6. The Kier molecular flexibility index (Phi) is 7.75. The maximum absolute atomic E-state index is 14.9. The third-order valence-corrected chi connectivity index (χ3v) is 4.81. The molecule has 0 aliphatic carbocycles. The Labute approximate surface area is 185 Å². The lowest BCUT2D eigenvalue weighted by molar-refractivity contribution is -0.138. The number of anilines is 1. The van der Waals surface area contributed by atoms with Crippen LogP contribution in [0.25, 0.3) is 0 Å². The largest absolute Gasteiger partial charge is 0.418 e. The van der Waals surface area contributed by atoms with Crippen molar-refractivity contribution >= 4 is 11.6 Å². The summed E-state index contributed by atoms with van der Waals surface area (Å²) < 4.78 is 88.7. The van der Waals surface area contributed by atoms with Gasteiger partial charge in [-0.15, -0.1) is 0 Å². The van der Waals surface area contributed by atoms with Gasteiger partial charge in [-0.25, -0.2) is 13.2 Å². The van der Waals surface area contributed by atoms with Gasteiger partial charge in [0.1, 0.15) is 23.7 Å². The molecule has 1 aromatic heterocycles. The molecule has 6 nitrogen and oxygen atoms in total. The Bertz CT molecular complexity index is 1030. The molecule has 0 aliphatic heterocycles. The van der Waals surface area contributed by atoms with Gasteiger partial charge in [-0.2, -0.15) is 13.2 Å². The molecule has 0 radical (unpaired) electrons. The van der Waals surface area contributed by atoms with E-state index in [1.54, 1.807) is 0 Å². The fourth-order valence-corrected chi connectivity index (χ4v) is 3.04. The van der Waals surface area contributed by atoms with Crippen molar-refractivity contribution in [2.45, 2.75) is 31.0 Å². The van der Waals surface area contributed by atoms with Crippen molar-refractivity contribution in [3.05, 3.63) is 71.4 Å². The van der Waals surface area contributed by atoms with E-state index < -0.39 is 59.2 Å². The molecule has 5 N–H and O–H groups in total. The van der Waals surface area contributed by atoms with Gasteiger partial charge in [0.15, 0.2) is 0 Å². The van der Waals surface area contributed by atoms with Gasteiger partial charge in [-0.05, 0) is 36.8 Å². The second-order valence-electron chi connectivity index (χ2n) is 7.23. The predicted octanol–water partition coefficient (Wildman–Crippen LogP) is 4.18. The third kappa shape index (κ3) is 5.82. The first-order chi connectivity index (χ1) is 15.2. The highest BCUT2D eigenvalue weighted by Gasteiger charge is 2.52. The van der Waals surface area contributed by atoms with E-state index in [4.69, 9.17) is 16.2 Å². The van der Waals surface area contributed by atoms with Gasteiger partial charge >= 0.3 is 6.18 Å².